The molecular formula is C23H27N6O2+. The van der Waals surface area contributed by atoms with Gasteiger partial charge in [-0.25, -0.2) is 9.78 Å². The molecule has 0 bridgehead atoms. The van der Waals surface area contributed by atoms with E-state index < -0.39 is 11.6 Å². The zero-order valence-electron chi connectivity index (χ0n) is 17.8. The third-order valence-corrected chi connectivity index (χ3v) is 4.72. The van der Waals surface area contributed by atoms with Gasteiger partial charge in [-0.1, -0.05) is 24.3 Å². The number of pyridine rings is 2. The predicted molar refractivity (Wildman–Crippen MR) is 120 cm³/mol. The molecule has 8 heteroatoms. The van der Waals surface area contributed by atoms with E-state index in [4.69, 9.17) is 5.41 Å². The second-order valence-electron chi connectivity index (χ2n) is 7.78. The summed E-state index contributed by atoms with van der Waals surface area (Å²) >= 11 is 0. The fourth-order valence-corrected chi connectivity index (χ4v) is 3.01. The van der Waals surface area contributed by atoms with Gasteiger partial charge in [0.1, 0.15) is 11.5 Å². The maximum atomic E-state index is 12.3. The van der Waals surface area contributed by atoms with Crippen LogP contribution in [0.15, 0.2) is 54.9 Å². The molecule has 8 nitrogen and oxygen atoms in total. The number of nitrogens with one attached hydrogen (secondary N) is 3. The number of amides is 2. The van der Waals surface area contributed by atoms with Gasteiger partial charge in [0.25, 0.3) is 0 Å². The van der Waals surface area contributed by atoms with Gasteiger partial charge in [0.15, 0.2) is 5.69 Å². The highest BCUT2D eigenvalue weighted by atomic mass is 16.3. The van der Waals surface area contributed by atoms with Gasteiger partial charge in [-0.2, -0.15) is 0 Å². The van der Waals surface area contributed by atoms with Crippen LogP contribution in [0.25, 0.3) is 0 Å². The Morgan fingerprint density at radius 1 is 1.19 bits per heavy atom. The van der Waals surface area contributed by atoms with Gasteiger partial charge in [-0.3, -0.25) is 15.6 Å². The number of hydrogen-bond acceptors (Lipinski definition) is 5. The lowest BCUT2D eigenvalue weighted by Crippen LogP contribution is -2.71. The number of nitrogens with two attached hydrogens (primary N) is 1. The third kappa shape index (κ3) is 6.18. The molecule has 0 saturated heterocycles. The molecule has 0 saturated carbocycles. The summed E-state index contributed by atoms with van der Waals surface area (Å²) in [4.78, 5) is 20.7. The summed E-state index contributed by atoms with van der Waals surface area (Å²) in [7, 11) is 0. The number of benzene rings is 1. The second-order valence-corrected chi connectivity index (χ2v) is 7.78. The summed E-state index contributed by atoms with van der Waals surface area (Å²) < 4.78 is 0. The minimum absolute atomic E-state index is 0.336. The molecule has 0 aliphatic heterocycles. The van der Waals surface area contributed by atoms with E-state index in [0.29, 0.717) is 17.9 Å². The van der Waals surface area contributed by atoms with Crippen LogP contribution >= 0.6 is 0 Å². The van der Waals surface area contributed by atoms with E-state index in [0.717, 1.165) is 28.2 Å². The van der Waals surface area contributed by atoms with Crippen molar-refractivity contribution in [1.29, 1.82) is 5.41 Å². The number of aryl methyl sites for hydroxylation is 1. The van der Waals surface area contributed by atoms with E-state index in [9.17, 15) is 9.90 Å². The molecule has 2 amide bonds. The maximum Gasteiger partial charge on any atom is 0.320 e. The van der Waals surface area contributed by atoms with Crippen molar-refractivity contribution < 1.29 is 15.2 Å². The van der Waals surface area contributed by atoms with Crippen molar-refractivity contribution in [3.05, 3.63) is 77.2 Å². The minimum atomic E-state index is -0.901. The second kappa shape index (κ2) is 9.46. The van der Waals surface area contributed by atoms with Gasteiger partial charge in [-0.15, -0.1) is 0 Å². The number of aliphatic hydroxyl groups is 1. The summed E-state index contributed by atoms with van der Waals surface area (Å²) in [5, 5.41) is 25.1. The Bertz CT molecular complexity index is 1070. The third-order valence-electron chi connectivity index (χ3n) is 4.72. The highest BCUT2D eigenvalue weighted by Gasteiger charge is 2.15. The fourth-order valence-electron chi connectivity index (χ4n) is 3.01. The zero-order valence-corrected chi connectivity index (χ0v) is 17.8. The number of aromatic nitrogens is 2. The van der Waals surface area contributed by atoms with E-state index in [1.165, 1.54) is 6.21 Å². The molecule has 3 aromatic rings. The quantitative estimate of drug-likeness (QED) is 0.377. The van der Waals surface area contributed by atoms with Crippen molar-refractivity contribution in [2.45, 2.75) is 32.9 Å². The number of hydrogen-bond donors (Lipinski definition) is 5. The molecule has 0 atom stereocenters. The Kier molecular flexibility index (Phi) is 6.74. The average Bonchev–Trinajstić information content (AvgIpc) is 2.73. The first-order valence-corrected chi connectivity index (χ1v) is 9.89. The monoisotopic (exact) mass is 419 g/mol. The lowest BCUT2D eigenvalue weighted by molar-refractivity contribution is -0.479. The van der Waals surface area contributed by atoms with Crippen LogP contribution in [0.1, 0.15) is 36.2 Å². The normalized spacial score (nSPS) is 11.1. The lowest BCUT2D eigenvalue weighted by Gasteiger charge is -2.18. The maximum absolute atomic E-state index is 12.3. The van der Waals surface area contributed by atoms with Gasteiger partial charge in [0.2, 0.25) is 0 Å². The molecule has 0 unspecified atom stereocenters. The fraction of sp³-hybridized carbons (Fsp3) is 0.217. The molecule has 0 aliphatic rings. The van der Waals surface area contributed by atoms with Crippen molar-refractivity contribution in [2.75, 3.05) is 5.32 Å². The van der Waals surface area contributed by atoms with Crippen LogP contribution in [0, 0.1) is 12.3 Å². The molecule has 6 N–H and O–H groups in total. The smallest absolute Gasteiger partial charge is 0.320 e. The topological polar surface area (TPSA) is 128 Å². The molecule has 0 aliphatic carbocycles. The zero-order chi connectivity index (χ0) is 22.4. The number of rotatable bonds is 7. The van der Waals surface area contributed by atoms with Gasteiger partial charge >= 0.3 is 6.03 Å². The molecule has 31 heavy (non-hydrogen) atoms. The van der Waals surface area contributed by atoms with E-state index in [1.807, 2.05) is 48.6 Å². The Labute approximate surface area is 181 Å². The van der Waals surface area contributed by atoms with Crippen molar-refractivity contribution in [3.63, 3.8) is 0 Å². The lowest BCUT2D eigenvalue weighted by atomic mass is 9.97. The van der Waals surface area contributed by atoms with E-state index in [1.54, 1.807) is 32.3 Å². The number of anilines is 1. The van der Waals surface area contributed by atoms with Gasteiger partial charge in [0, 0.05) is 36.8 Å². The van der Waals surface area contributed by atoms with Crippen LogP contribution in [-0.4, -0.2) is 27.3 Å². The molecular weight excluding hydrogens is 392 g/mol. The van der Waals surface area contributed by atoms with Crippen LogP contribution in [0.3, 0.4) is 0 Å². The predicted octanol–water partition coefficient (Wildman–Crippen LogP) is 2.86. The van der Waals surface area contributed by atoms with E-state index in [-0.39, 0.29) is 0 Å². The van der Waals surface area contributed by atoms with Gasteiger partial charge in [-0.05, 0) is 38.0 Å². The first-order chi connectivity index (χ1) is 14.7. The van der Waals surface area contributed by atoms with Crippen LogP contribution in [0.4, 0.5) is 22.0 Å². The van der Waals surface area contributed by atoms with E-state index in [2.05, 4.69) is 20.6 Å². The Balaban J connectivity index is 1.60. The molecule has 2 aromatic heterocycles. The SMILES string of the molecule is Cc1cc([NH2+]c2cnc(NC(=O)NCc3ccc(C(C)(C)O)cc3)cc2C=N)ccn1. The molecule has 0 fully saturated rings. The number of quaternary nitrogens is 1. The summed E-state index contributed by atoms with van der Waals surface area (Å²) in [6.07, 6.45) is 4.59. The van der Waals surface area contributed by atoms with Crippen molar-refractivity contribution in [3.8, 4) is 0 Å². The number of carbonyl (C=O) groups excluding carboxylic acids is 1. The van der Waals surface area contributed by atoms with Gasteiger partial charge in [0.05, 0.1) is 17.4 Å². The van der Waals surface area contributed by atoms with Crippen LogP contribution in [0.2, 0.25) is 0 Å². The van der Waals surface area contributed by atoms with Crippen molar-refractivity contribution in [1.82, 2.24) is 15.3 Å². The molecule has 0 spiro atoms. The largest absolute Gasteiger partial charge is 0.386 e. The molecule has 160 valence electrons. The first kappa shape index (κ1) is 22.1. The Morgan fingerprint density at radius 3 is 2.58 bits per heavy atom. The highest BCUT2D eigenvalue weighted by Crippen LogP contribution is 2.19. The Hall–Kier alpha value is -3.62. The number of nitrogens with zero attached hydrogens (tertiary/aromatic N) is 2. The minimum Gasteiger partial charge on any atom is -0.386 e. The average molecular weight is 420 g/mol. The summed E-state index contributed by atoms with van der Waals surface area (Å²) in [5.74, 6) is 0.358. The van der Waals surface area contributed by atoms with Crippen LogP contribution < -0.4 is 16.0 Å². The summed E-state index contributed by atoms with van der Waals surface area (Å²) in [6.45, 7) is 5.71. The van der Waals surface area contributed by atoms with Crippen LogP contribution in [-0.2, 0) is 12.1 Å². The summed E-state index contributed by atoms with van der Waals surface area (Å²) in [6, 6.07) is 12.5. The number of carbonyl (C=O) groups is 1. The van der Waals surface area contributed by atoms with Gasteiger partial charge < -0.3 is 15.8 Å². The van der Waals surface area contributed by atoms with Crippen LogP contribution in [0.5, 0.6) is 0 Å². The summed E-state index contributed by atoms with van der Waals surface area (Å²) in [5.41, 5.74) is 4.10. The molecule has 1 aromatic carbocycles. The highest BCUT2D eigenvalue weighted by molar-refractivity contribution is 5.90. The van der Waals surface area contributed by atoms with E-state index >= 15 is 0 Å². The molecule has 2 heterocycles. The van der Waals surface area contributed by atoms with Crippen molar-refractivity contribution >= 4 is 29.4 Å². The molecule has 0 radical (unpaired) electrons. The Morgan fingerprint density at radius 2 is 1.94 bits per heavy atom. The standard InChI is InChI=1S/C23H26N6O2/c1-15-10-19(8-9-25-15)28-20-14-26-21(11-17(20)12-24)29-22(30)27-13-16-4-6-18(7-5-16)23(2,3)31/h4-12,14,24,31H,13H2,1-3H3,(H,25,28)(H2,26,27,29,30)/p+1. The number of urea groups is 1. The first-order valence-electron chi connectivity index (χ1n) is 9.89. The molecule has 3 rings (SSSR count). The van der Waals surface area contributed by atoms with Crippen molar-refractivity contribution in [2.24, 2.45) is 0 Å².